The van der Waals surface area contributed by atoms with Crippen molar-refractivity contribution in [1.29, 1.82) is 10.9 Å². The molecule has 0 aliphatic carbocycles. The second kappa shape index (κ2) is 10.3. The summed E-state index contributed by atoms with van der Waals surface area (Å²) in [5.41, 5.74) is 19.1. The molecule has 0 fully saturated rings. The van der Waals surface area contributed by atoms with Crippen molar-refractivity contribution < 1.29 is 17.6 Å². The van der Waals surface area contributed by atoms with Gasteiger partial charge >= 0.3 is 6.18 Å². The van der Waals surface area contributed by atoms with Gasteiger partial charge in [-0.15, -0.1) is 5.11 Å². The fourth-order valence-corrected chi connectivity index (χ4v) is 2.49. The van der Waals surface area contributed by atoms with E-state index in [0.29, 0.717) is 22.6 Å². The van der Waals surface area contributed by atoms with Gasteiger partial charge in [0.25, 0.3) is 0 Å². The van der Waals surface area contributed by atoms with E-state index in [1.807, 2.05) is 0 Å². The van der Waals surface area contributed by atoms with Gasteiger partial charge < -0.3 is 16.8 Å². The van der Waals surface area contributed by atoms with Crippen LogP contribution in [0.1, 0.15) is 16.7 Å². The summed E-state index contributed by atoms with van der Waals surface area (Å²) in [6.45, 7) is 0.271. The minimum absolute atomic E-state index is 0.222. The summed E-state index contributed by atoms with van der Waals surface area (Å²) in [6.07, 6.45) is -4.39. The average Bonchev–Trinajstić information content (AvgIpc) is 2.75. The van der Waals surface area contributed by atoms with Crippen molar-refractivity contribution in [1.82, 2.24) is 0 Å². The van der Waals surface area contributed by atoms with E-state index in [-0.39, 0.29) is 23.8 Å². The van der Waals surface area contributed by atoms with E-state index in [9.17, 15) is 17.6 Å². The lowest BCUT2D eigenvalue weighted by atomic mass is 10.1. The van der Waals surface area contributed by atoms with E-state index in [2.05, 4.69) is 10.4 Å². The Labute approximate surface area is 175 Å². The number of nitrogens with two attached hydrogens (primary N) is 2. The first-order chi connectivity index (χ1) is 14.7. The zero-order valence-electron chi connectivity index (χ0n) is 16.2. The van der Waals surface area contributed by atoms with Gasteiger partial charge in [-0.25, -0.2) is 9.92 Å². The first-order valence-corrected chi connectivity index (χ1v) is 8.89. The van der Waals surface area contributed by atoms with E-state index in [1.165, 1.54) is 24.3 Å². The fraction of sp³-hybridized carbons (Fsp3) is 0.0952. The molecule has 3 aromatic carbocycles. The number of rotatable bonds is 4. The van der Waals surface area contributed by atoms with E-state index >= 15 is 0 Å². The summed E-state index contributed by atoms with van der Waals surface area (Å²) in [5, 5.41) is 13.5. The van der Waals surface area contributed by atoms with Crippen LogP contribution >= 0.6 is 0 Å². The molecule has 0 aliphatic heterocycles. The molecule has 0 aromatic heterocycles. The second-order valence-electron chi connectivity index (χ2n) is 6.26. The fourth-order valence-electron chi connectivity index (χ4n) is 2.49. The number of nitrogen functional groups attached to an aromatic ring is 1. The van der Waals surface area contributed by atoms with Crippen molar-refractivity contribution in [2.45, 2.75) is 12.7 Å². The predicted molar refractivity (Wildman–Crippen MR) is 112 cm³/mol. The number of hydrogen-bond donors (Lipinski definition) is 5. The molecule has 0 aliphatic rings. The number of anilines is 3. The molecule has 162 valence electrons. The summed E-state index contributed by atoms with van der Waals surface area (Å²) in [5.74, 6) is -0.526. The van der Waals surface area contributed by atoms with Crippen LogP contribution < -0.4 is 16.8 Å². The van der Waals surface area contributed by atoms with E-state index in [1.54, 1.807) is 30.3 Å². The van der Waals surface area contributed by atoms with Gasteiger partial charge in [0.2, 0.25) is 0 Å². The Morgan fingerprint density at radius 3 is 2.16 bits per heavy atom. The van der Waals surface area contributed by atoms with Crippen LogP contribution in [0.2, 0.25) is 0 Å². The van der Waals surface area contributed by atoms with Gasteiger partial charge in [0.1, 0.15) is 5.82 Å². The molecule has 0 saturated carbocycles. The topological polar surface area (TPSA) is 124 Å². The standard InChI is InChI=1S/C14H12F3N5.C7H8FN/c15-14(16,17)8-1-4-10(5-2-8)21-12-6-3-9(18)7-11(12)13(19)22-20;8-7-4-2-1-3-6(7)5-9/h1-7,19-21H,18H2;1-4H,5,9H2. The quantitative estimate of drug-likeness (QED) is 0.120. The van der Waals surface area contributed by atoms with Crippen LogP contribution in [0.25, 0.3) is 0 Å². The third kappa shape index (κ3) is 6.61. The Balaban J connectivity index is 0.000000316. The van der Waals surface area contributed by atoms with Gasteiger partial charge in [-0.1, -0.05) is 18.2 Å². The molecule has 7 N–H and O–H groups in total. The summed E-state index contributed by atoms with van der Waals surface area (Å²) in [6, 6.07) is 15.6. The number of nitrogens with zero attached hydrogens (tertiary/aromatic N) is 1. The maximum atomic E-state index is 12.5. The third-order valence-electron chi connectivity index (χ3n) is 4.08. The molecule has 31 heavy (non-hydrogen) atoms. The van der Waals surface area contributed by atoms with E-state index < -0.39 is 11.7 Å². The highest BCUT2D eigenvalue weighted by molar-refractivity contribution is 6.03. The van der Waals surface area contributed by atoms with Gasteiger partial charge in [0.15, 0.2) is 5.84 Å². The molecule has 0 saturated heterocycles. The molecule has 0 unspecified atom stereocenters. The van der Waals surface area contributed by atoms with Crippen molar-refractivity contribution in [3.8, 4) is 0 Å². The van der Waals surface area contributed by atoms with Crippen LogP contribution in [-0.4, -0.2) is 5.84 Å². The second-order valence-corrected chi connectivity index (χ2v) is 6.26. The number of alkyl halides is 3. The lowest BCUT2D eigenvalue weighted by Crippen LogP contribution is -2.05. The highest BCUT2D eigenvalue weighted by Crippen LogP contribution is 2.31. The molecule has 0 bridgehead atoms. The number of amidine groups is 1. The third-order valence-corrected chi connectivity index (χ3v) is 4.08. The number of hydrogen-bond acceptors (Lipinski definition) is 5. The molecule has 3 aromatic rings. The van der Waals surface area contributed by atoms with Gasteiger partial charge in [0.05, 0.1) is 5.56 Å². The minimum atomic E-state index is -4.39. The normalized spacial score (nSPS) is 10.6. The monoisotopic (exact) mass is 432 g/mol. The maximum Gasteiger partial charge on any atom is 0.416 e. The highest BCUT2D eigenvalue weighted by Gasteiger charge is 2.29. The lowest BCUT2D eigenvalue weighted by molar-refractivity contribution is -0.137. The summed E-state index contributed by atoms with van der Waals surface area (Å²) >= 11 is 0. The van der Waals surface area contributed by atoms with E-state index in [4.69, 9.17) is 22.4 Å². The zero-order valence-corrected chi connectivity index (χ0v) is 16.2. The van der Waals surface area contributed by atoms with Gasteiger partial charge in [-0.05, 0) is 48.5 Å². The van der Waals surface area contributed by atoms with E-state index in [0.717, 1.165) is 12.1 Å². The van der Waals surface area contributed by atoms with Gasteiger partial charge in [0, 0.05) is 34.7 Å². The smallest absolute Gasteiger partial charge is 0.399 e. The number of nitrogens with one attached hydrogen (secondary N) is 3. The van der Waals surface area contributed by atoms with Gasteiger partial charge in [-0.2, -0.15) is 13.2 Å². The van der Waals surface area contributed by atoms with Crippen molar-refractivity contribution in [2.75, 3.05) is 11.1 Å². The van der Waals surface area contributed by atoms with Crippen LogP contribution in [0.15, 0.2) is 71.8 Å². The predicted octanol–water partition coefficient (Wildman–Crippen LogP) is 5.67. The Bertz CT molecular complexity index is 1050. The summed E-state index contributed by atoms with van der Waals surface area (Å²) < 4.78 is 50.0. The molecule has 0 heterocycles. The van der Waals surface area contributed by atoms with Crippen molar-refractivity contribution >= 4 is 22.9 Å². The van der Waals surface area contributed by atoms with Gasteiger partial charge in [-0.3, -0.25) is 5.41 Å². The van der Waals surface area contributed by atoms with Crippen molar-refractivity contribution in [2.24, 2.45) is 10.8 Å². The Morgan fingerprint density at radius 2 is 1.65 bits per heavy atom. The Kier molecular flexibility index (Phi) is 7.81. The highest BCUT2D eigenvalue weighted by atomic mass is 19.4. The molecule has 0 amide bonds. The first-order valence-electron chi connectivity index (χ1n) is 8.89. The number of benzene rings is 3. The van der Waals surface area contributed by atoms with Crippen LogP contribution in [0, 0.1) is 16.8 Å². The largest absolute Gasteiger partial charge is 0.416 e. The first kappa shape index (κ1) is 23.5. The summed E-state index contributed by atoms with van der Waals surface area (Å²) in [4.78, 5) is 0. The molecule has 6 nitrogen and oxygen atoms in total. The summed E-state index contributed by atoms with van der Waals surface area (Å²) in [7, 11) is 0. The molecule has 0 spiro atoms. The van der Waals surface area contributed by atoms with Crippen LogP contribution in [0.4, 0.5) is 34.6 Å². The molecular weight excluding hydrogens is 412 g/mol. The van der Waals surface area contributed by atoms with Crippen molar-refractivity contribution in [3.63, 3.8) is 0 Å². The maximum absolute atomic E-state index is 12.5. The number of halogens is 4. The molecule has 0 atom stereocenters. The zero-order chi connectivity index (χ0) is 23.0. The molecule has 3 rings (SSSR count). The van der Waals surface area contributed by atoms with Crippen LogP contribution in [-0.2, 0) is 12.7 Å². The minimum Gasteiger partial charge on any atom is -0.399 e. The average molecular weight is 432 g/mol. The molecule has 0 radical (unpaired) electrons. The molecule has 10 heteroatoms. The Morgan fingerprint density at radius 1 is 1.00 bits per heavy atom. The molecular formula is C21H20F4N6. The Hall–Kier alpha value is -3.79. The lowest BCUT2D eigenvalue weighted by Gasteiger charge is -2.13. The van der Waals surface area contributed by atoms with Crippen molar-refractivity contribution in [3.05, 3.63) is 89.2 Å². The van der Waals surface area contributed by atoms with Crippen LogP contribution in [0.3, 0.4) is 0 Å². The van der Waals surface area contributed by atoms with Crippen LogP contribution in [0.5, 0.6) is 0 Å². The SMILES string of the molecule is N=NC(=N)c1cc(N)ccc1Nc1ccc(C(F)(F)F)cc1.NCc1ccccc1F.